The number of hydrogen-bond acceptors (Lipinski definition) is 4. The summed E-state index contributed by atoms with van der Waals surface area (Å²) in [4.78, 5) is 23.8. The topological polar surface area (TPSA) is 58.6 Å². The van der Waals surface area contributed by atoms with Gasteiger partial charge in [-0.2, -0.15) is 0 Å². The minimum Gasteiger partial charge on any atom is -0.465 e. The zero-order valence-electron chi connectivity index (χ0n) is 9.00. The number of hydrogen-bond donors (Lipinski definition) is 1. The molecule has 0 saturated carbocycles. The lowest BCUT2D eigenvalue weighted by Gasteiger charge is -2.17. The maximum atomic E-state index is 11.1. The number of ether oxygens (including phenoxy) is 1. The van der Waals surface area contributed by atoms with Gasteiger partial charge >= 0.3 is 5.97 Å². The zero-order chi connectivity index (χ0) is 11.0. The Labute approximate surface area is 84.4 Å². The number of nitrogens with zero attached hydrogens (tertiary/aromatic N) is 1. The van der Waals surface area contributed by atoms with Crippen LogP contribution in [0, 0.1) is 0 Å². The van der Waals surface area contributed by atoms with Crippen molar-refractivity contribution < 1.29 is 14.3 Å². The van der Waals surface area contributed by atoms with E-state index < -0.39 is 0 Å². The van der Waals surface area contributed by atoms with E-state index in [1.807, 2.05) is 6.92 Å². The molecule has 1 amide bonds. The van der Waals surface area contributed by atoms with Gasteiger partial charge in [0.15, 0.2) is 0 Å². The zero-order valence-corrected chi connectivity index (χ0v) is 9.00. The predicted molar refractivity (Wildman–Crippen MR) is 52.8 cm³/mol. The van der Waals surface area contributed by atoms with Crippen LogP contribution >= 0.6 is 0 Å². The average Bonchev–Trinajstić information content (AvgIpc) is 2.16. The Morgan fingerprint density at radius 1 is 1.29 bits per heavy atom. The normalized spacial score (nSPS) is 10.0. The molecule has 1 N–H and O–H groups in total. The number of nitrogens with one attached hydrogen (secondary N) is 1. The van der Waals surface area contributed by atoms with E-state index in [0.717, 1.165) is 0 Å². The molecule has 0 aromatic rings. The van der Waals surface area contributed by atoms with E-state index in [-0.39, 0.29) is 25.0 Å². The summed E-state index contributed by atoms with van der Waals surface area (Å²) in [6, 6.07) is 0. The van der Waals surface area contributed by atoms with E-state index in [4.69, 9.17) is 4.74 Å². The van der Waals surface area contributed by atoms with E-state index in [1.165, 1.54) is 0 Å². The lowest BCUT2D eigenvalue weighted by molar-refractivity contribution is -0.144. The molecule has 14 heavy (non-hydrogen) atoms. The third-order valence-electron chi connectivity index (χ3n) is 1.75. The highest BCUT2D eigenvalue weighted by Crippen LogP contribution is 1.89. The number of likely N-dealkylation sites (N-methyl/N-ethyl adjacent to an activating group) is 2. The first-order valence-corrected chi connectivity index (χ1v) is 4.72. The molecular formula is C9H18N2O3. The minimum absolute atomic E-state index is 0.101. The van der Waals surface area contributed by atoms with Crippen molar-refractivity contribution in [3.63, 3.8) is 0 Å². The van der Waals surface area contributed by atoms with Crippen molar-refractivity contribution in [1.82, 2.24) is 10.2 Å². The van der Waals surface area contributed by atoms with Gasteiger partial charge < -0.3 is 10.1 Å². The number of amides is 1. The molecule has 0 aromatic heterocycles. The van der Waals surface area contributed by atoms with Crippen LogP contribution in [0.2, 0.25) is 0 Å². The summed E-state index contributed by atoms with van der Waals surface area (Å²) in [5.74, 6) is -0.394. The molecule has 5 heteroatoms. The van der Waals surface area contributed by atoms with Gasteiger partial charge in [-0.3, -0.25) is 14.5 Å². The Morgan fingerprint density at radius 3 is 2.36 bits per heavy atom. The van der Waals surface area contributed by atoms with Crippen molar-refractivity contribution in [2.45, 2.75) is 13.8 Å². The predicted octanol–water partition coefficient (Wildman–Crippen LogP) is -0.383. The van der Waals surface area contributed by atoms with Gasteiger partial charge in [-0.05, 0) is 13.5 Å². The van der Waals surface area contributed by atoms with Gasteiger partial charge in [0.25, 0.3) is 0 Å². The number of carbonyl (C=O) groups excluding carboxylic acids is 2. The van der Waals surface area contributed by atoms with Gasteiger partial charge in [-0.25, -0.2) is 0 Å². The summed E-state index contributed by atoms with van der Waals surface area (Å²) in [5, 5.41) is 2.50. The second-order valence-corrected chi connectivity index (χ2v) is 2.78. The molecule has 0 bridgehead atoms. The Balaban J connectivity index is 3.89. The molecular weight excluding hydrogens is 184 g/mol. The third-order valence-corrected chi connectivity index (χ3v) is 1.75. The molecule has 0 radical (unpaired) electrons. The molecule has 0 aliphatic carbocycles. The van der Waals surface area contributed by atoms with Crippen LogP contribution in [0.4, 0.5) is 0 Å². The van der Waals surface area contributed by atoms with Crippen LogP contribution in [0.15, 0.2) is 0 Å². The maximum absolute atomic E-state index is 11.1. The molecule has 0 fully saturated rings. The van der Waals surface area contributed by atoms with Crippen LogP contribution in [0.3, 0.4) is 0 Å². The number of carbonyl (C=O) groups is 2. The van der Waals surface area contributed by atoms with Crippen molar-refractivity contribution in [2.24, 2.45) is 0 Å². The second-order valence-electron chi connectivity index (χ2n) is 2.78. The molecule has 0 aliphatic rings. The molecule has 0 unspecified atom stereocenters. The first kappa shape index (κ1) is 12.9. The lowest BCUT2D eigenvalue weighted by Crippen LogP contribution is -2.38. The van der Waals surface area contributed by atoms with E-state index in [9.17, 15) is 9.59 Å². The van der Waals surface area contributed by atoms with E-state index in [2.05, 4.69) is 5.32 Å². The maximum Gasteiger partial charge on any atom is 0.320 e. The monoisotopic (exact) mass is 202 g/mol. The molecule has 82 valence electrons. The molecule has 0 aliphatic heterocycles. The summed E-state index contributed by atoms with van der Waals surface area (Å²) in [6.07, 6.45) is 0. The molecule has 0 atom stereocenters. The summed E-state index contributed by atoms with van der Waals surface area (Å²) in [7, 11) is 1.57. The van der Waals surface area contributed by atoms with Gasteiger partial charge in [0, 0.05) is 7.05 Å². The van der Waals surface area contributed by atoms with Crippen LogP contribution in [0.25, 0.3) is 0 Å². The minimum atomic E-state index is -0.293. The van der Waals surface area contributed by atoms with Gasteiger partial charge in [-0.15, -0.1) is 0 Å². The van der Waals surface area contributed by atoms with E-state index in [1.54, 1.807) is 18.9 Å². The van der Waals surface area contributed by atoms with Crippen LogP contribution in [0.1, 0.15) is 13.8 Å². The fourth-order valence-corrected chi connectivity index (χ4v) is 0.951. The fraction of sp³-hybridized carbons (Fsp3) is 0.778. The van der Waals surface area contributed by atoms with Gasteiger partial charge in [0.2, 0.25) is 5.91 Å². The highest BCUT2D eigenvalue weighted by atomic mass is 16.5. The SMILES string of the molecule is CCOC(=O)CN(CC)CC(=O)NC. The van der Waals surface area contributed by atoms with Crippen molar-refractivity contribution in [1.29, 1.82) is 0 Å². The van der Waals surface area contributed by atoms with Crippen LogP contribution in [-0.2, 0) is 14.3 Å². The largest absolute Gasteiger partial charge is 0.465 e. The smallest absolute Gasteiger partial charge is 0.320 e. The Bertz CT molecular complexity index is 194. The molecule has 0 rings (SSSR count). The molecule has 0 saturated heterocycles. The number of rotatable bonds is 6. The van der Waals surface area contributed by atoms with Crippen molar-refractivity contribution >= 4 is 11.9 Å². The van der Waals surface area contributed by atoms with Crippen LogP contribution < -0.4 is 5.32 Å². The van der Waals surface area contributed by atoms with E-state index in [0.29, 0.717) is 13.2 Å². The first-order valence-electron chi connectivity index (χ1n) is 4.72. The van der Waals surface area contributed by atoms with Crippen LogP contribution in [0.5, 0.6) is 0 Å². The fourth-order valence-electron chi connectivity index (χ4n) is 0.951. The average molecular weight is 202 g/mol. The van der Waals surface area contributed by atoms with Crippen molar-refractivity contribution in [3.05, 3.63) is 0 Å². The van der Waals surface area contributed by atoms with Gasteiger partial charge in [0.1, 0.15) is 0 Å². The van der Waals surface area contributed by atoms with Crippen molar-refractivity contribution in [2.75, 3.05) is 33.3 Å². The lowest BCUT2D eigenvalue weighted by atomic mass is 10.4. The highest BCUT2D eigenvalue weighted by Gasteiger charge is 2.12. The summed E-state index contributed by atoms with van der Waals surface area (Å²) in [5.41, 5.74) is 0. The molecule has 0 spiro atoms. The third kappa shape index (κ3) is 5.53. The standard InChI is InChI=1S/C9H18N2O3/c1-4-11(6-8(12)10-3)7-9(13)14-5-2/h4-7H2,1-3H3,(H,10,12). The molecule has 0 heterocycles. The second kappa shape index (κ2) is 7.32. The Hall–Kier alpha value is -1.10. The summed E-state index contributed by atoms with van der Waals surface area (Å²) < 4.78 is 4.78. The van der Waals surface area contributed by atoms with Crippen LogP contribution in [-0.4, -0.2) is 50.1 Å². The van der Waals surface area contributed by atoms with Gasteiger partial charge in [0.05, 0.1) is 19.7 Å². The Morgan fingerprint density at radius 2 is 1.93 bits per heavy atom. The van der Waals surface area contributed by atoms with E-state index >= 15 is 0 Å². The quantitative estimate of drug-likeness (QED) is 0.596. The molecule has 5 nitrogen and oxygen atoms in total. The van der Waals surface area contributed by atoms with Crippen molar-refractivity contribution in [3.8, 4) is 0 Å². The molecule has 0 aromatic carbocycles. The highest BCUT2D eigenvalue weighted by molar-refractivity contribution is 5.79. The summed E-state index contributed by atoms with van der Waals surface area (Å²) >= 11 is 0. The Kier molecular flexibility index (Phi) is 6.74. The first-order chi connectivity index (χ1) is 6.63. The van der Waals surface area contributed by atoms with Gasteiger partial charge in [-0.1, -0.05) is 6.92 Å². The number of esters is 1. The summed E-state index contributed by atoms with van der Waals surface area (Å²) in [6.45, 7) is 5.06.